The van der Waals surface area contributed by atoms with Crippen molar-refractivity contribution in [3.63, 3.8) is 0 Å². The number of carbonyl (C=O) groups excluding carboxylic acids is 2. The summed E-state index contributed by atoms with van der Waals surface area (Å²) in [6.07, 6.45) is -0.245. The highest BCUT2D eigenvalue weighted by Crippen LogP contribution is 2.14. The van der Waals surface area contributed by atoms with E-state index >= 15 is 0 Å². The number of hydrogen-bond donors (Lipinski definition) is 1. The average Bonchev–Trinajstić information content (AvgIpc) is 2.47. The standard InChI is InChI=1S/C14H17FN2O4/c1-17-7-10(20-9-14(17)19)6-16-13(18)8-21-12-5-3-2-4-11(12)15/h2-5,10H,6-9H2,1H3,(H,16,18). The minimum Gasteiger partial charge on any atom is -0.481 e. The fraction of sp³-hybridized carbons (Fsp3) is 0.429. The van der Waals surface area contributed by atoms with Crippen LogP contribution in [0.3, 0.4) is 0 Å². The summed E-state index contributed by atoms with van der Waals surface area (Å²) < 4.78 is 23.7. The number of amides is 2. The fourth-order valence-corrected chi connectivity index (χ4v) is 1.87. The molecule has 114 valence electrons. The van der Waals surface area contributed by atoms with Gasteiger partial charge in [-0.05, 0) is 12.1 Å². The van der Waals surface area contributed by atoms with E-state index in [1.807, 2.05) is 0 Å². The number of rotatable bonds is 5. The van der Waals surface area contributed by atoms with E-state index in [4.69, 9.17) is 9.47 Å². The van der Waals surface area contributed by atoms with Crippen LogP contribution in [0.1, 0.15) is 0 Å². The van der Waals surface area contributed by atoms with Crippen molar-refractivity contribution in [1.29, 1.82) is 0 Å². The van der Waals surface area contributed by atoms with Gasteiger partial charge in [0, 0.05) is 20.1 Å². The fourth-order valence-electron chi connectivity index (χ4n) is 1.87. The first kappa shape index (κ1) is 15.2. The molecule has 1 aromatic rings. The van der Waals surface area contributed by atoms with E-state index in [1.165, 1.54) is 12.1 Å². The number of likely N-dealkylation sites (N-methyl/N-ethyl adjacent to an activating group) is 1. The predicted molar refractivity (Wildman–Crippen MR) is 72.3 cm³/mol. The predicted octanol–water partition coefficient (Wildman–Crippen LogP) is 0.178. The van der Waals surface area contributed by atoms with Gasteiger partial charge in [0.15, 0.2) is 18.2 Å². The molecule has 7 heteroatoms. The highest BCUT2D eigenvalue weighted by molar-refractivity contribution is 5.78. The Bertz CT molecular complexity index is 523. The Hall–Kier alpha value is -2.15. The molecule has 0 bridgehead atoms. The zero-order valence-corrected chi connectivity index (χ0v) is 11.7. The first-order chi connectivity index (χ1) is 10.1. The molecule has 1 atom stereocenters. The maximum absolute atomic E-state index is 13.3. The van der Waals surface area contributed by atoms with E-state index in [0.29, 0.717) is 6.54 Å². The van der Waals surface area contributed by atoms with E-state index in [1.54, 1.807) is 24.1 Å². The summed E-state index contributed by atoms with van der Waals surface area (Å²) in [5.74, 6) is -0.935. The zero-order chi connectivity index (χ0) is 15.2. The summed E-state index contributed by atoms with van der Waals surface area (Å²) in [5.41, 5.74) is 0. The van der Waals surface area contributed by atoms with Crippen molar-refractivity contribution >= 4 is 11.8 Å². The minimum absolute atomic E-state index is 0.0166. The van der Waals surface area contributed by atoms with Gasteiger partial charge in [0.2, 0.25) is 5.91 Å². The molecule has 1 heterocycles. The van der Waals surface area contributed by atoms with Crippen molar-refractivity contribution in [2.45, 2.75) is 6.10 Å². The highest BCUT2D eigenvalue weighted by Gasteiger charge is 2.23. The van der Waals surface area contributed by atoms with Crippen molar-refractivity contribution in [3.8, 4) is 5.75 Å². The third-order valence-electron chi connectivity index (χ3n) is 3.07. The van der Waals surface area contributed by atoms with E-state index in [-0.39, 0.29) is 43.4 Å². The van der Waals surface area contributed by atoms with Crippen LogP contribution in [0, 0.1) is 5.82 Å². The number of hydrogen-bond acceptors (Lipinski definition) is 4. The molecule has 0 radical (unpaired) electrons. The van der Waals surface area contributed by atoms with Crippen molar-refractivity contribution in [1.82, 2.24) is 10.2 Å². The summed E-state index contributed by atoms with van der Waals surface area (Å²) in [5, 5.41) is 2.63. The van der Waals surface area contributed by atoms with Gasteiger partial charge >= 0.3 is 0 Å². The summed E-state index contributed by atoms with van der Waals surface area (Å²) in [6, 6.07) is 5.88. The molecule has 1 N–H and O–H groups in total. The Morgan fingerprint density at radius 2 is 2.29 bits per heavy atom. The Morgan fingerprint density at radius 3 is 3.00 bits per heavy atom. The number of nitrogens with one attached hydrogen (secondary N) is 1. The molecule has 1 aliphatic rings. The molecule has 1 aliphatic heterocycles. The SMILES string of the molecule is CN1CC(CNC(=O)COc2ccccc2F)OCC1=O. The Kier molecular flexibility index (Phi) is 5.10. The molecular weight excluding hydrogens is 279 g/mol. The molecule has 6 nitrogen and oxygen atoms in total. The van der Waals surface area contributed by atoms with E-state index in [2.05, 4.69) is 5.32 Å². The third-order valence-corrected chi connectivity index (χ3v) is 3.07. The molecule has 2 amide bonds. The quantitative estimate of drug-likeness (QED) is 0.841. The van der Waals surface area contributed by atoms with Crippen LogP contribution in [0.15, 0.2) is 24.3 Å². The van der Waals surface area contributed by atoms with Gasteiger partial charge in [-0.3, -0.25) is 9.59 Å². The smallest absolute Gasteiger partial charge is 0.258 e. The van der Waals surface area contributed by atoms with Gasteiger partial charge in [-0.15, -0.1) is 0 Å². The van der Waals surface area contributed by atoms with Crippen molar-refractivity contribution in [2.24, 2.45) is 0 Å². The number of nitrogens with zero attached hydrogens (tertiary/aromatic N) is 1. The van der Waals surface area contributed by atoms with Gasteiger partial charge < -0.3 is 19.7 Å². The Morgan fingerprint density at radius 1 is 1.52 bits per heavy atom. The summed E-state index contributed by atoms with van der Waals surface area (Å²) in [6.45, 7) is 0.440. The van der Waals surface area contributed by atoms with Gasteiger partial charge in [0.1, 0.15) is 6.61 Å². The van der Waals surface area contributed by atoms with Gasteiger partial charge in [-0.25, -0.2) is 4.39 Å². The molecule has 1 unspecified atom stereocenters. The topological polar surface area (TPSA) is 67.9 Å². The molecule has 1 fully saturated rings. The lowest BCUT2D eigenvalue weighted by Gasteiger charge is -2.29. The normalized spacial score (nSPS) is 18.5. The van der Waals surface area contributed by atoms with Crippen LogP contribution < -0.4 is 10.1 Å². The molecule has 0 spiro atoms. The Labute approximate surface area is 121 Å². The minimum atomic E-state index is -0.513. The number of benzene rings is 1. The molecule has 1 aromatic carbocycles. The van der Waals surface area contributed by atoms with Crippen molar-refractivity contribution in [2.75, 3.05) is 33.4 Å². The van der Waals surface area contributed by atoms with Gasteiger partial charge in [-0.1, -0.05) is 12.1 Å². The van der Waals surface area contributed by atoms with Crippen LogP contribution >= 0.6 is 0 Å². The van der Waals surface area contributed by atoms with Crippen LogP contribution in [0.25, 0.3) is 0 Å². The van der Waals surface area contributed by atoms with Crippen molar-refractivity contribution in [3.05, 3.63) is 30.1 Å². The highest BCUT2D eigenvalue weighted by atomic mass is 19.1. The van der Waals surface area contributed by atoms with E-state index in [0.717, 1.165) is 0 Å². The molecule has 2 rings (SSSR count). The second-order valence-corrected chi connectivity index (χ2v) is 4.73. The molecule has 21 heavy (non-hydrogen) atoms. The molecule has 0 saturated carbocycles. The van der Waals surface area contributed by atoms with Gasteiger partial charge in [0.25, 0.3) is 5.91 Å². The lowest BCUT2D eigenvalue weighted by molar-refractivity contribution is -0.146. The first-order valence-corrected chi connectivity index (χ1v) is 6.56. The van der Waals surface area contributed by atoms with Crippen LogP contribution in [-0.4, -0.2) is 56.2 Å². The van der Waals surface area contributed by atoms with Crippen LogP contribution in [0.2, 0.25) is 0 Å². The molecule has 1 saturated heterocycles. The summed E-state index contributed by atoms with van der Waals surface area (Å²) in [7, 11) is 1.68. The first-order valence-electron chi connectivity index (χ1n) is 6.56. The van der Waals surface area contributed by atoms with Crippen molar-refractivity contribution < 1.29 is 23.5 Å². The average molecular weight is 296 g/mol. The van der Waals surface area contributed by atoms with Crippen LogP contribution in [0.4, 0.5) is 4.39 Å². The molecular formula is C14H17FN2O4. The number of ether oxygens (including phenoxy) is 2. The summed E-state index contributed by atoms with van der Waals surface area (Å²) >= 11 is 0. The maximum Gasteiger partial charge on any atom is 0.258 e. The molecule has 0 aromatic heterocycles. The third kappa shape index (κ3) is 4.42. The maximum atomic E-state index is 13.3. The zero-order valence-electron chi connectivity index (χ0n) is 11.7. The van der Waals surface area contributed by atoms with E-state index in [9.17, 15) is 14.0 Å². The van der Waals surface area contributed by atoms with Crippen LogP contribution in [-0.2, 0) is 14.3 Å². The summed E-state index contributed by atoms with van der Waals surface area (Å²) in [4.78, 5) is 24.4. The Balaban J connectivity index is 1.71. The molecule has 0 aliphatic carbocycles. The number of halogens is 1. The van der Waals surface area contributed by atoms with Crippen LogP contribution in [0.5, 0.6) is 5.75 Å². The van der Waals surface area contributed by atoms with Gasteiger partial charge in [-0.2, -0.15) is 0 Å². The van der Waals surface area contributed by atoms with Gasteiger partial charge in [0.05, 0.1) is 6.10 Å². The monoisotopic (exact) mass is 296 g/mol. The second-order valence-electron chi connectivity index (χ2n) is 4.73. The number of para-hydroxylation sites is 1. The largest absolute Gasteiger partial charge is 0.481 e. The van der Waals surface area contributed by atoms with E-state index < -0.39 is 5.82 Å². The lowest BCUT2D eigenvalue weighted by Crippen LogP contribution is -2.49. The second kappa shape index (κ2) is 7.03. The number of carbonyl (C=O) groups is 2. The lowest BCUT2D eigenvalue weighted by atomic mass is 10.3. The number of morpholine rings is 1.